The fourth-order valence-electron chi connectivity index (χ4n) is 5.20. The van der Waals surface area contributed by atoms with E-state index < -0.39 is 32.5 Å². The molecule has 288 valence electrons. The summed E-state index contributed by atoms with van der Waals surface area (Å²) >= 11 is 0. The molecule has 0 heterocycles. The van der Waals surface area contributed by atoms with Crippen LogP contribution in [0.5, 0.6) is 0 Å². The molecular weight excluding hydrogens is 651 g/mol. The fourth-order valence-corrected chi connectivity index (χ4v) is 5.56. The van der Waals surface area contributed by atoms with Crippen LogP contribution in [0.25, 0.3) is 0 Å². The van der Waals surface area contributed by atoms with Gasteiger partial charge in [0.1, 0.15) is 6.61 Å². The summed E-state index contributed by atoms with van der Waals surface area (Å²) in [6.07, 6.45) is 45.2. The van der Waals surface area contributed by atoms with Crippen LogP contribution in [0.3, 0.4) is 0 Å². The van der Waals surface area contributed by atoms with Crippen molar-refractivity contribution in [2.75, 3.05) is 13.2 Å². The number of allylic oxidation sites excluding steroid dienone is 10. The number of phosphoric ester groups is 1. The molecule has 2 N–H and O–H groups in total. The van der Waals surface area contributed by atoms with Crippen molar-refractivity contribution < 1.29 is 37.9 Å². The van der Waals surface area contributed by atoms with E-state index in [0.717, 1.165) is 51.4 Å². The van der Waals surface area contributed by atoms with Gasteiger partial charge in [-0.1, -0.05) is 158 Å². The van der Waals surface area contributed by atoms with E-state index in [9.17, 15) is 14.2 Å². The van der Waals surface area contributed by atoms with Gasteiger partial charge in [-0.15, -0.1) is 0 Å². The molecule has 1 unspecified atom stereocenters. The third-order valence-electron chi connectivity index (χ3n) is 8.11. The smallest absolute Gasteiger partial charge is 0.462 e. The van der Waals surface area contributed by atoms with Gasteiger partial charge in [0.15, 0.2) is 6.10 Å². The number of hydrogen-bond acceptors (Lipinski definition) is 6. The molecule has 50 heavy (non-hydrogen) atoms. The average molecular weight is 723 g/mol. The molecule has 0 spiro atoms. The van der Waals surface area contributed by atoms with E-state index in [4.69, 9.17) is 19.3 Å². The molecule has 0 aliphatic rings. The van der Waals surface area contributed by atoms with Gasteiger partial charge in [0, 0.05) is 12.8 Å². The van der Waals surface area contributed by atoms with Crippen molar-refractivity contribution in [1.29, 1.82) is 0 Å². The fraction of sp³-hybridized carbons (Fsp3) is 0.707. The van der Waals surface area contributed by atoms with Crippen molar-refractivity contribution in [1.82, 2.24) is 0 Å². The minimum absolute atomic E-state index is 0.163. The molecule has 0 saturated carbocycles. The number of unbranched alkanes of at least 4 members (excludes halogenated alkanes) is 18. The number of carbonyl (C=O) groups is 2. The van der Waals surface area contributed by atoms with Crippen molar-refractivity contribution in [3.8, 4) is 0 Å². The van der Waals surface area contributed by atoms with Gasteiger partial charge in [0.2, 0.25) is 0 Å². The predicted octanol–water partition coefficient (Wildman–Crippen LogP) is 11.7. The second-order valence-electron chi connectivity index (χ2n) is 13.0. The van der Waals surface area contributed by atoms with Crippen LogP contribution < -0.4 is 0 Å². The van der Waals surface area contributed by atoms with Gasteiger partial charge < -0.3 is 19.3 Å². The third kappa shape index (κ3) is 38.6. The summed E-state index contributed by atoms with van der Waals surface area (Å²) < 4.78 is 26.3. The first-order valence-corrected chi connectivity index (χ1v) is 21.2. The SMILES string of the molecule is CC/C=C/C=C/C=C/C=C/CCCCCC(=O)OC(COC(=O)CCCCCCCCC/C=C/CCCCCCCCCC)COP(=O)(O)O. The van der Waals surface area contributed by atoms with Gasteiger partial charge in [0.05, 0.1) is 6.61 Å². The van der Waals surface area contributed by atoms with Gasteiger partial charge in [-0.05, 0) is 57.8 Å². The van der Waals surface area contributed by atoms with Crippen molar-refractivity contribution in [2.45, 2.75) is 174 Å². The summed E-state index contributed by atoms with van der Waals surface area (Å²) in [6.45, 7) is 3.49. The molecular formula is C41H71O8P. The molecule has 0 fully saturated rings. The van der Waals surface area contributed by atoms with Gasteiger partial charge in [-0.25, -0.2) is 4.57 Å². The van der Waals surface area contributed by atoms with E-state index in [2.05, 4.69) is 42.7 Å². The highest BCUT2D eigenvalue weighted by atomic mass is 31.2. The molecule has 1 atom stereocenters. The van der Waals surface area contributed by atoms with Crippen molar-refractivity contribution in [3.05, 3.63) is 60.8 Å². The summed E-state index contributed by atoms with van der Waals surface area (Å²) in [5, 5.41) is 0. The van der Waals surface area contributed by atoms with Crippen LogP contribution in [0, 0.1) is 0 Å². The highest BCUT2D eigenvalue weighted by molar-refractivity contribution is 7.46. The molecule has 0 bridgehead atoms. The lowest BCUT2D eigenvalue weighted by atomic mass is 10.1. The van der Waals surface area contributed by atoms with Crippen LogP contribution in [0.1, 0.15) is 168 Å². The topological polar surface area (TPSA) is 119 Å². The Morgan fingerprint density at radius 3 is 1.52 bits per heavy atom. The average Bonchev–Trinajstić information content (AvgIpc) is 3.08. The molecule has 0 amide bonds. The largest absolute Gasteiger partial charge is 0.469 e. The summed E-state index contributed by atoms with van der Waals surface area (Å²) in [5.41, 5.74) is 0. The minimum Gasteiger partial charge on any atom is -0.462 e. The number of rotatable bonds is 35. The maximum atomic E-state index is 12.3. The zero-order valence-electron chi connectivity index (χ0n) is 31.5. The molecule has 0 radical (unpaired) electrons. The molecule has 0 aliphatic heterocycles. The molecule has 0 aliphatic carbocycles. The van der Waals surface area contributed by atoms with E-state index in [1.54, 1.807) is 0 Å². The van der Waals surface area contributed by atoms with E-state index in [-0.39, 0.29) is 19.4 Å². The standard InChI is InChI=1S/C41H71O8P/c1-3-5-7-9-11-13-15-17-18-19-20-21-22-24-25-27-29-31-33-35-40(42)47-37-39(38-48-50(44,45)46)49-41(43)36-34-32-30-28-26-23-16-14-12-10-8-6-4-2/h6,8,10,12,14,16,19-20,23,26,39H,3-5,7,9,11,13,15,17-18,21-22,24-25,27-38H2,1-2H3,(H2,44,45,46)/b8-6+,12-10+,16-14+,20-19+,26-23+. The van der Waals surface area contributed by atoms with Crippen LogP contribution in [0.4, 0.5) is 0 Å². The summed E-state index contributed by atoms with van der Waals surface area (Å²) in [5.74, 6) is -0.939. The van der Waals surface area contributed by atoms with Gasteiger partial charge in [-0.2, -0.15) is 0 Å². The number of phosphoric acid groups is 1. The maximum Gasteiger partial charge on any atom is 0.469 e. The van der Waals surface area contributed by atoms with Crippen molar-refractivity contribution in [3.63, 3.8) is 0 Å². The van der Waals surface area contributed by atoms with Crippen molar-refractivity contribution >= 4 is 19.8 Å². The molecule has 0 aromatic heterocycles. The summed E-state index contributed by atoms with van der Waals surface area (Å²) in [6, 6.07) is 0. The van der Waals surface area contributed by atoms with Crippen LogP contribution in [0.15, 0.2) is 60.8 Å². The van der Waals surface area contributed by atoms with E-state index in [1.807, 2.05) is 36.5 Å². The Kier molecular flexibility index (Phi) is 34.9. The highest BCUT2D eigenvalue weighted by Crippen LogP contribution is 2.36. The Hall–Kier alpha value is -2.25. The Bertz CT molecular complexity index is 995. The second-order valence-corrected chi connectivity index (χ2v) is 14.2. The molecule has 8 nitrogen and oxygen atoms in total. The lowest BCUT2D eigenvalue weighted by Gasteiger charge is -2.18. The monoisotopic (exact) mass is 722 g/mol. The number of carbonyl (C=O) groups excluding carboxylic acids is 2. The minimum atomic E-state index is -4.76. The first-order valence-electron chi connectivity index (χ1n) is 19.6. The number of hydrogen-bond donors (Lipinski definition) is 2. The lowest BCUT2D eigenvalue weighted by molar-refractivity contribution is -0.161. The zero-order chi connectivity index (χ0) is 36.8. The summed E-state index contributed by atoms with van der Waals surface area (Å²) in [4.78, 5) is 42.7. The number of esters is 2. The Balaban J connectivity index is 3.98. The van der Waals surface area contributed by atoms with Crippen LogP contribution in [0.2, 0.25) is 0 Å². The Labute approximate surface area is 305 Å². The Morgan fingerprint density at radius 2 is 0.980 bits per heavy atom. The van der Waals surface area contributed by atoms with E-state index in [1.165, 1.54) is 77.0 Å². The maximum absolute atomic E-state index is 12.3. The highest BCUT2D eigenvalue weighted by Gasteiger charge is 2.22. The second kappa shape index (κ2) is 36.5. The van der Waals surface area contributed by atoms with Crippen molar-refractivity contribution in [2.24, 2.45) is 0 Å². The van der Waals surface area contributed by atoms with Gasteiger partial charge in [-0.3, -0.25) is 14.1 Å². The quantitative estimate of drug-likeness (QED) is 0.0218. The first-order chi connectivity index (χ1) is 24.3. The summed E-state index contributed by atoms with van der Waals surface area (Å²) in [7, 11) is -4.76. The van der Waals surface area contributed by atoms with E-state index >= 15 is 0 Å². The third-order valence-corrected chi connectivity index (χ3v) is 8.60. The van der Waals surface area contributed by atoms with Crippen LogP contribution in [-0.4, -0.2) is 41.0 Å². The molecule has 0 aromatic carbocycles. The molecule has 9 heteroatoms. The van der Waals surface area contributed by atoms with Gasteiger partial charge in [0.25, 0.3) is 0 Å². The predicted molar refractivity (Wildman–Crippen MR) is 207 cm³/mol. The van der Waals surface area contributed by atoms with E-state index in [0.29, 0.717) is 12.8 Å². The van der Waals surface area contributed by atoms with Gasteiger partial charge >= 0.3 is 19.8 Å². The Morgan fingerprint density at radius 1 is 0.540 bits per heavy atom. The van der Waals surface area contributed by atoms with Crippen LogP contribution >= 0.6 is 7.82 Å². The molecule has 0 saturated heterocycles. The first kappa shape index (κ1) is 47.8. The lowest BCUT2D eigenvalue weighted by Crippen LogP contribution is -2.29. The number of ether oxygens (including phenoxy) is 2. The zero-order valence-corrected chi connectivity index (χ0v) is 32.4. The van der Waals surface area contributed by atoms with Crippen LogP contribution in [-0.2, 0) is 28.2 Å². The molecule has 0 rings (SSSR count). The normalized spacial score (nSPS) is 13.1. The molecule has 0 aromatic rings.